The van der Waals surface area contributed by atoms with E-state index in [0.29, 0.717) is 38.0 Å². The molecular weight excluding hydrogens is 252 g/mol. The highest BCUT2D eigenvalue weighted by molar-refractivity contribution is 4.95. The number of aliphatic hydroxyl groups is 3. The summed E-state index contributed by atoms with van der Waals surface area (Å²) in [5.74, 6) is 0.343. The van der Waals surface area contributed by atoms with Gasteiger partial charge in [-0.25, -0.2) is 0 Å². The minimum Gasteiger partial charge on any atom is -0.396 e. The summed E-state index contributed by atoms with van der Waals surface area (Å²) in [6.45, 7) is 8.05. The van der Waals surface area contributed by atoms with E-state index in [9.17, 15) is 10.2 Å². The lowest BCUT2D eigenvalue weighted by Gasteiger charge is -2.38. The van der Waals surface area contributed by atoms with Crippen molar-refractivity contribution in [2.24, 2.45) is 5.92 Å². The van der Waals surface area contributed by atoms with E-state index in [2.05, 4.69) is 26.0 Å². The Morgan fingerprint density at radius 3 is 2.00 bits per heavy atom. The monoisotopic (exact) mass is 286 g/mol. The van der Waals surface area contributed by atoms with Crippen molar-refractivity contribution in [2.45, 2.75) is 83.8 Å². The van der Waals surface area contributed by atoms with E-state index in [1.807, 2.05) is 13.8 Å². The quantitative estimate of drug-likeness (QED) is 0.510. The molecule has 0 rings (SSSR count). The largest absolute Gasteiger partial charge is 0.396 e. The second-order valence-corrected chi connectivity index (χ2v) is 6.02. The van der Waals surface area contributed by atoms with Crippen molar-refractivity contribution in [1.82, 2.24) is 0 Å². The van der Waals surface area contributed by atoms with Crippen LogP contribution in [0.2, 0.25) is 0 Å². The summed E-state index contributed by atoms with van der Waals surface area (Å²) in [5, 5.41) is 30.4. The van der Waals surface area contributed by atoms with Crippen molar-refractivity contribution >= 4 is 0 Å². The van der Waals surface area contributed by atoms with Crippen LogP contribution >= 0.6 is 0 Å². The van der Waals surface area contributed by atoms with Gasteiger partial charge >= 0.3 is 0 Å². The Bertz CT molecular complexity index is 277. The summed E-state index contributed by atoms with van der Waals surface area (Å²) in [4.78, 5) is 0. The first-order valence-corrected chi connectivity index (χ1v) is 8.10. The Labute approximate surface area is 124 Å². The number of hydrogen-bond acceptors (Lipinski definition) is 3. The Balaban J connectivity index is 4.85. The molecule has 0 aliphatic rings. The zero-order valence-corrected chi connectivity index (χ0v) is 13.7. The molecule has 3 atom stereocenters. The van der Waals surface area contributed by atoms with E-state index < -0.39 is 11.2 Å². The van der Waals surface area contributed by atoms with Gasteiger partial charge < -0.3 is 15.3 Å². The third-order valence-electron chi connectivity index (χ3n) is 4.36. The molecule has 0 fully saturated rings. The fourth-order valence-electron chi connectivity index (χ4n) is 2.72. The zero-order chi connectivity index (χ0) is 15.6. The standard InChI is InChI=1S/C17H34O3/c1-5-9-10-15(6-2)13-17(20,8-4)14-16(19,7-3)11-12-18/h9-10,15,18-20H,5-8,11-14H2,1-4H3/b10-9+/t15-,16-,17?/m1/s1. The van der Waals surface area contributed by atoms with E-state index in [1.165, 1.54) is 0 Å². The summed E-state index contributed by atoms with van der Waals surface area (Å²) >= 11 is 0. The van der Waals surface area contributed by atoms with Crippen LogP contribution in [0.1, 0.15) is 72.6 Å². The predicted octanol–water partition coefficient (Wildman–Crippen LogP) is 3.42. The lowest BCUT2D eigenvalue weighted by atomic mass is 9.76. The number of hydrogen-bond donors (Lipinski definition) is 3. The first kappa shape index (κ1) is 19.6. The van der Waals surface area contributed by atoms with Crippen molar-refractivity contribution in [3.05, 3.63) is 12.2 Å². The summed E-state index contributed by atoms with van der Waals surface area (Å²) in [6, 6.07) is 0. The average Bonchev–Trinajstić information content (AvgIpc) is 2.43. The van der Waals surface area contributed by atoms with E-state index in [4.69, 9.17) is 5.11 Å². The highest BCUT2D eigenvalue weighted by atomic mass is 16.3. The summed E-state index contributed by atoms with van der Waals surface area (Å²) in [6.07, 6.45) is 8.83. The smallest absolute Gasteiger partial charge is 0.0694 e. The van der Waals surface area contributed by atoms with Gasteiger partial charge in [0.25, 0.3) is 0 Å². The molecule has 0 saturated heterocycles. The van der Waals surface area contributed by atoms with Crippen LogP contribution in [0.15, 0.2) is 12.2 Å². The predicted molar refractivity (Wildman–Crippen MR) is 84.6 cm³/mol. The minimum absolute atomic E-state index is 0.0446. The van der Waals surface area contributed by atoms with Crippen molar-refractivity contribution in [3.63, 3.8) is 0 Å². The SMILES string of the molecule is CC/C=C/[C@@H](CC)CC(O)(CC)C[C@@](O)(CC)CCO. The third-order valence-corrected chi connectivity index (χ3v) is 4.36. The Morgan fingerprint density at radius 2 is 1.60 bits per heavy atom. The van der Waals surface area contributed by atoms with E-state index in [1.54, 1.807) is 0 Å². The van der Waals surface area contributed by atoms with Gasteiger partial charge in [0.15, 0.2) is 0 Å². The number of aliphatic hydroxyl groups excluding tert-OH is 1. The molecule has 3 nitrogen and oxygen atoms in total. The van der Waals surface area contributed by atoms with Crippen LogP contribution in [-0.2, 0) is 0 Å². The van der Waals surface area contributed by atoms with Crippen LogP contribution in [0.5, 0.6) is 0 Å². The van der Waals surface area contributed by atoms with E-state index in [0.717, 1.165) is 12.8 Å². The van der Waals surface area contributed by atoms with Gasteiger partial charge in [0.05, 0.1) is 11.2 Å². The Kier molecular flexibility index (Phi) is 9.36. The molecule has 0 spiro atoms. The Hall–Kier alpha value is -0.380. The molecule has 0 radical (unpaired) electrons. The van der Waals surface area contributed by atoms with Crippen LogP contribution in [0, 0.1) is 5.92 Å². The molecule has 120 valence electrons. The molecule has 0 heterocycles. The van der Waals surface area contributed by atoms with Gasteiger partial charge in [-0.1, -0.05) is 39.8 Å². The molecule has 0 saturated carbocycles. The second-order valence-electron chi connectivity index (χ2n) is 6.02. The molecule has 3 N–H and O–H groups in total. The van der Waals surface area contributed by atoms with E-state index >= 15 is 0 Å². The van der Waals surface area contributed by atoms with Gasteiger partial charge in [0.2, 0.25) is 0 Å². The summed E-state index contributed by atoms with van der Waals surface area (Å²) in [5.41, 5.74) is -1.83. The first-order chi connectivity index (χ1) is 9.38. The summed E-state index contributed by atoms with van der Waals surface area (Å²) in [7, 11) is 0. The van der Waals surface area contributed by atoms with Gasteiger partial charge in [0, 0.05) is 13.0 Å². The lowest BCUT2D eigenvalue weighted by Crippen LogP contribution is -2.42. The number of rotatable bonds is 11. The molecule has 0 aliphatic carbocycles. The van der Waals surface area contributed by atoms with E-state index in [-0.39, 0.29) is 6.61 Å². The fourth-order valence-corrected chi connectivity index (χ4v) is 2.72. The highest BCUT2D eigenvalue weighted by Crippen LogP contribution is 2.34. The normalized spacial score (nSPS) is 19.8. The Morgan fingerprint density at radius 1 is 1.00 bits per heavy atom. The van der Waals surface area contributed by atoms with Crippen molar-refractivity contribution in [3.8, 4) is 0 Å². The van der Waals surface area contributed by atoms with Crippen molar-refractivity contribution < 1.29 is 15.3 Å². The van der Waals surface area contributed by atoms with Crippen LogP contribution in [0.25, 0.3) is 0 Å². The topological polar surface area (TPSA) is 60.7 Å². The maximum absolute atomic E-state index is 10.8. The van der Waals surface area contributed by atoms with Crippen LogP contribution in [0.3, 0.4) is 0 Å². The molecular formula is C17H34O3. The fraction of sp³-hybridized carbons (Fsp3) is 0.882. The molecule has 0 amide bonds. The van der Waals surface area contributed by atoms with Gasteiger partial charge in [-0.15, -0.1) is 0 Å². The van der Waals surface area contributed by atoms with Crippen LogP contribution in [0.4, 0.5) is 0 Å². The molecule has 0 aromatic rings. The molecule has 20 heavy (non-hydrogen) atoms. The molecule has 0 aromatic carbocycles. The molecule has 3 heteroatoms. The zero-order valence-electron chi connectivity index (χ0n) is 13.7. The third kappa shape index (κ3) is 6.87. The van der Waals surface area contributed by atoms with Gasteiger partial charge in [0.1, 0.15) is 0 Å². The minimum atomic E-state index is -0.966. The molecule has 1 unspecified atom stereocenters. The van der Waals surface area contributed by atoms with Crippen LogP contribution in [-0.4, -0.2) is 33.1 Å². The lowest BCUT2D eigenvalue weighted by molar-refractivity contribution is -0.0853. The van der Waals surface area contributed by atoms with Crippen molar-refractivity contribution in [1.29, 1.82) is 0 Å². The average molecular weight is 286 g/mol. The van der Waals surface area contributed by atoms with Crippen molar-refractivity contribution in [2.75, 3.05) is 6.61 Å². The van der Waals surface area contributed by atoms with Gasteiger partial charge in [-0.2, -0.15) is 0 Å². The maximum atomic E-state index is 10.8. The first-order valence-electron chi connectivity index (χ1n) is 8.10. The molecule has 0 bridgehead atoms. The van der Waals surface area contributed by atoms with Gasteiger partial charge in [-0.3, -0.25) is 0 Å². The highest BCUT2D eigenvalue weighted by Gasteiger charge is 2.37. The second kappa shape index (κ2) is 9.54. The maximum Gasteiger partial charge on any atom is 0.0694 e. The summed E-state index contributed by atoms with van der Waals surface area (Å²) < 4.78 is 0. The van der Waals surface area contributed by atoms with Gasteiger partial charge in [-0.05, 0) is 44.4 Å². The van der Waals surface area contributed by atoms with Crippen LogP contribution < -0.4 is 0 Å². The molecule has 0 aliphatic heterocycles. The molecule has 0 aromatic heterocycles. The number of allylic oxidation sites excluding steroid dienone is 2.